The lowest BCUT2D eigenvalue weighted by Crippen LogP contribution is -2.48. The molecule has 4 nitrogen and oxygen atoms in total. The summed E-state index contributed by atoms with van der Waals surface area (Å²) in [7, 11) is 2.02. The van der Waals surface area contributed by atoms with Gasteiger partial charge in [0.15, 0.2) is 0 Å². The largest absolute Gasteiger partial charge is 0.416 e. The lowest BCUT2D eigenvalue weighted by Gasteiger charge is -2.33. The molecule has 1 aromatic carbocycles. The van der Waals surface area contributed by atoms with E-state index in [1.807, 2.05) is 18.0 Å². The minimum absolute atomic E-state index is 0.0348. The molecule has 2 saturated heterocycles. The van der Waals surface area contributed by atoms with Crippen LogP contribution in [0.2, 0.25) is 0 Å². The maximum atomic E-state index is 12.8. The van der Waals surface area contributed by atoms with E-state index in [2.05, 4.69) is 4.90 Å². The molecule has 0 bridgehead atoms. The summed E-state index contributed by atoms with van der Waals surface area (Å²) in [5.41, 5.74) is -0.198. The fraction of sp³-hybridized carbons (Fsp3) is 0.533. The van der Waals surface area contributed by atoms with Gasteiger partial charge in [-0.15, -0.1) is 0 Å². The Labute approximate surface area is 126 Å². The van der Waals surface area contributed by atoms with E-state index < -0.39 is 11.7 Å². The van der Waals surface area contributed by atoms with Crippen LogP contribution in [-0.2, 0) is 10.9 Å². The fourth-order valence-corrected chi connectivity index (χ4v) is 3.13. The first-order valence-corrected chi connectivity index (χ1v) is 7.08. The Morgan fingerprint density at radius 1 is 1.32 bits per heavy atom. The monoisotopic (exact) mass is 311 g/mol. The third-order valence-electron chi connectivity index (χ3n) is 4.36. The van der Waals surface area contributed by atoms with Crippen molar-refractivity contribution in [3.63, 3.8) is 0 Å². The second kappa shape index (κ2) is 5.45. The van der Waals surface area contributed by atoms with Crippen molar-refractivity contribution >= 4 is 5.69 Å². The standard InChI is InChI=1S/C15H16F3N3O/c1-20-4-5-22-14-9-21(8-13(14)20)12-3-2-11(15(16,17)18)6-10(12)7-19/h2-3,6,13-14H,4-5,8-9H2,1H3. The Kier molecular flexibility index (Phi) is 3.75. The van der Waals surface area contributed by atoms with Crippen LogP contribution >= 0.6 is 0 Å². The van der Waals surface area contributed by atoms with E-state index >= 15 is 0 Å². The Morgan fingerprint density at radius 2 is 2.09 bits per heavy atom. The van der Waals surface area contributed by atoms with E-state index in [9.17, 15) is 18.4 Å². The molecule has 22 heavy (non-hydrogen) atoms. The van der Waals surface area contributed by atoms with E-state index in [4.69, 9.17) is 4.74 Å². The highest BCUT2D eigenvalue weighted by molar-refractivity contribution is 5.61. The molecule has 2 aliphatic rings. The number of nitrogens with zero attached hydrogens (tertiary/aromatic N) is 3. The Hall–Kier alpha value is -1.78. The highest BCUT2D eigenvalue weighted by atomic mass is 19.4. The first-order valence-electron chi connectivity index (χ1n) is 7.08. The summed E-state index contributed by atoms with van der Waals surface area (Å²) in [5, 5.41) is 9.19. The number of alkyl halides is 3. The number of morpholine rings is 1. The van der Waals surface area contributed by atoms with Gasteiger partial charge in [0.05, 0.1) is 35.6 Å². The van der Waals surface area contributed by atoms with Gasteiger partial charge in [-0.25, -0.2) is 0 Å². The first-order chi connectivity index (χ1) is 10.4. The van der Waals surface area contributed by atoms with Crippen molar-refractivity contribution in [1.82, 2.24) is 4.90 Å². The van der Waals surface area contributed by atoms with Crippen LogP contribution in [0, 0.1) is 11.3 Å². The third kappa shape index (κ3) is 2.64. The van der Waals surface area contributed by atoms with Crippen molar-refractivity contribution in [3.05, 3.63) is 29.3 Å². The number of ether oxygens (including phenoxy) is 1. The molecular formula is C15H16F3N3O. The van der Waals surface area contributed by atoms with Crippen LogP contribution in [-0.4, -0.2) is 50.3 Å². The number of hydrogen-bond acceptors (Lipinski definition) is 4. The van der Waals surface area contributed by atoms with Crippen LogP contribution in [0.3, 0.4) is 0 Å². The smallest absolute Gasteiger partial charge is 0.373 e. The minimum atomic E-state index is -4.44. The maximum absolute atomic E-state index is 12.8. The average molecular weight is 311 g/mol. The highest BCUT2D eigenvalue weighted by Crippen LogP contribution is 2.34. The van der Waals surface area contributed by atoms with Gasteiger partial charge in [-0.2, -0.15) is 18.4 Å². The molecule has 2 aliphatic heterocycles. The highest BCUT2D eigenvalue weighted by Gasteiger charge is 2.39. The van der Waals surface area contributed by atoms with Crippen molar-refractivity contribution < 1.29 is 17.9 Å². The molecule has 2 fully saturated rings. The van der Waals surface area contributed by atoms with Crippen molar-refractivity contribution in [2.45, 2.75) is 18.3 Å². The van der Waals surface area contributed by atoms with Crippen LogP contribution in [0.15, 0.2) is 18.2 Å². The number of benzene rings is 1. The summed E-state index contributed by atoms with van der Waals surface area (Å²) in [6.07, 6.45) is -4.40. The van der Waals surface area contributed by atoms with Gasteiger partial charge in [0, 0.05) is 19.6 Å². The molecule has 0 saturated carbocycles. The van der Waals surface area contributed by atoms with Crippen molar-refractivity contribution in [2.75, 3.05) is 38.2 Å². The van der Waals surface area contributed by atoms with Crippen LogP contribution in [0.5, 0.6) is 0 Å². The normalized spacial score (nSPS) is 25.9. The molecule has 0 amide bonds. The molecule has 2 atom stereocenters. The number of hydrogen-bond donors (Lipinski definition) is 0. The lowest BCUT2D eigenvalue weighted by atomic mass is 10.1. The quantitative estimate of drug-likeness (QED) is 0.796. The second-order valence-electron chi connectivity index (χ2n) is 5.70. The molecule has 1 aromatic rings. The summed E-state index contributed by atoms with van der Waals surface area (Å²) in [6.45, 7) is 2.74. The summed E-state index contributed by atoms with van der Waals surface area (Å²) in [6, 6.07) is 5.43. The molecule has 0 aromatic heterocycles. The molecule has 3 rings (SSSR count). The molecule has 0 spiro atoms. The zero-order chi connectivity index (χ0) is 15.9. The summed E-state index contributed by atoms with van der Waals surface area (Å²) >= 11 is 0. The van der Waals surface area contributed by atoms with Gasteiger partial charge in [0.25, 0.3) is 0 Å². The second-order valence-corrected chi connectivity index (χ2v) is 5.70. The lowest BCUT2D eigenvalue weighted by molar-refractivity contribution is -0.137. The van der Waals surface area contributed by atoms with Crippen molar-refractivity contribution in [2.24, 2.45) is 0 Å². The van der Waals surface area contributed by atoms with Crippen LogP contribution in [0.1, 0.15) is 11.1 Å². The van der Waals surface area contributed by atoms with Gasteiger partial charge in [-0.05, 0) is 25.2 Å². The predicted molar refractivity (Wildman–Crippen MR) is 74.5 cm³/mol. The maximum Gasteiger partial charge on any atom is 0.416 e. The molecule has 2 unspecified atom stereocenters. The summed E-state index contributed by atoms with van der Waals surface area (Å²) in [4.78, 5) is 4.14. The third-order valence-corrected chi connectivity index (χ3v) is 4.36. The average Bonchev–Trinajstić information content (AvgIpc) is 2.91. The number of anilines is 1. The summed E-state index contributed by atoms with van der Waals surface area (Å²) in [5.74, 6) is 0. The van der Waals surface area contributed by atoms with Crippen molar-refractivity contribution in [3.8, 4) is 6.07 Å². The summed E-state index contributed by atoms with van der Waals surface area (Å²) < 4.78 is 44.0. The molecule has 0 aliphatic carbocycles. The van der Waals surface area contributed by atoms with Gasteiger partial charge in [0.1, 0.15) is 6.07 Å². The van der Waals surface area contributed by atoms with E-state index in [1.165, 1.54) is 6.07 Å². The van der Waals surface area contributed by atoms with E-state index in [0.29, 0.717) is 25.4 Å². The molecule has 0 N–H and O–H groups in total. The van der Waals surface area contributed by atoms with Crippen LogP contribution < -0.4 is 4.90 Å². The Bertz CT molecular complexity index is 611. The fourth-order valence-electron chi connectivity index (χ4n) is 3.13. The first kappa shape index (κ1) is 15.1. The molecular weight excluding hydrogens is 295 g/mol. The minimum Gasteiger partial charge on any atom is -0.373 e. The molecule has 118 valence electrons. The van der Waals surface area contributed by atoms with Crippen LogP contribution in [0.25, 0.3) is 0 Å². The Morgan fingerprint density at radius 3 is 2.73 bits per heavy atom. The predicted octanol–water partition coefficient (Wildman–Crippen LogP) is 2.10. The van der Waals surface area contributed by atoms with Gasteiger partial charge < -0.3 is 9.64 Å². The zero-order valence-electron chi connectivity index (χ0n) is 12.1. The van der Waals surface area contributed by atoms with E-state index in [0.717, 1.165) is 18.7 Å². The zero-order valence-corrected chi connectivity index (χ0v) is 12.1. The number of rotatable bonds is 1. The molecule has 2 heterocycles. The van der Waals surface area contributed by atoms with Gasteiger partial charge in [-0.3, -0.25) is 4.90 Å². The Balaban J connectivity index is 1.88. The number of fused-ring (bicyclic) bond motifs is 1. The SMILES string of the molecule is CN1CCOC2CN(c3ccc(C(F)(F)F)cc3C#N)CC21. The van der Waals surface area contributed by atoms with Crippen molar-refractivity contribution in [1.29, 1.82) is 5.26 Å². The number of halogens is 3. The van der Waals surface area contributed by atoms with Gasteiger partial charge in [0.2, 0.25) is 0 Å². The molecule has 7 heteroatoms. The van der Waals surface area contributed by atoms with Crippen LogP contribution in [0.4, 0.5) is 18.9 Å². The van der Waals surface area contributed by atoms with E-state index in [-0.39, 0.29) is 17.7 Å². The van der Waals surface area contributed by atoms with Gasteiger partial charge in [-0.1, -0.05) is 0 Å². The molecule has 0 radical (unpaired) electrons. The topological polar surface area (TPSA) is 39.5 Å². The van der Waals surface area contributed by atoms with Gasteiger partial charge >= 0.3 is 6.18 Å². The van der Waals surface area contributed by atoms with E-state index in [1.54, 1.807) is 0 Å². The number of likely N-dealkylation sites (N-methyl/N-ethyl adjacent to an activating group) is 1. The number of nitriles is 1.